The maximum Gasteiger partial charge on any atom is 0.229 e. The molecule has 0 amide bonds. The minimum absolute atomic E-state index is 0.0847. The Balaban J connectivity index is 2.10. The zero-order chi connectivity index (χ0) is 19.4. The van der Waals surface area contributed by atoms with E-state index in [1.54, 1.807) is 7.11 Å². The van der Waals surface area contributed by atoms with E-state index in [4.69, 9.17) is 9.16 Å². The van der Waals surface area contributed by atoms with E-state index in [0.717, 1.165) is 31.7 Å². The van der Waals surface area contributed by atoms with Crippen molar-refractivity contribution in [2.45, 2.75) is 63.8 Å². The second kappa shape index (κ2) is 13.1. The molecule has 2 nitrogen and oxygen atoms in total. The van der Waals surface area contributed by atoms with Crippen LogP contribution in [-0.2, 0) is 4.43 Å². The van der Waals surface area contributed by atoms with Crippen LogP contribution in [0.2, 0.25) is 6.04 Å². The molecule has 148 valence electrons. The summed E-state index contributed by atoms with van der Waals surface area (Å²) in [5, 5.41) is 0. The third-order valence-electron chi connectivity index (χ3n) is 3.98. The van der Waals surface area contributed by atoms with Crippen LogP contribution < -0.4 is 4.74 Å². The quantitative estimate of drug-likeness (QED) is 0.127. The summed E-state index contributed by atoms with van der Waals surface area (Å²) < 4.78 is 75.5. The molecule has 0 heterocycles. The molecule has 0 bridgehead atoms. The van der Waals surface area contributed by atoms with Crippen molar-refractivity contribution in [3.8, 4) is 5.75 Å². The molecule has 0 unspecified atom stereocenters. The van der Waals surface area contributed by atoms with Gasteiger partial charge in [-0.2, -0.15) is 8.78 Å². The Bertz CT molecular complexity index is 514. The molecule has 0 saturated heterocycles. The second-order valence-electron chi connectivity index (χ2n) is 6.03. The van der Waals surface area contributed by atoms with Crippen LogP contribution >= 0.6 is 0 Å². The maximum absolute atomic E-state index is 13.4. The summed E-state index contributed by atoms with van der Waals surface area (Å²) in [5.74, 6) is -11.2. The molecule has 0 atom stereocenters. The van der Waals surface area contributed by atoms with Gasteiger partial charge in [-0.25, -0.2) is 13.2 Å². The standard InChI is InChI=1S/C18H25F5O2Si/c1-24-26-12-10-8-6-4-2-3-5-7-9-11-25-18-16(22)14(20)13(19)15(21)17(18)23/h2-12H2,1H3. The first-order valence-corrected chi connectivity index (χ1v) is 10.0. The number of hydrogen-bond donors (Lipinski definition) is 0. The smallest absolute Gasteiger partial charge is 0.229 e. The van der Waals surface area contributed by atoms with Gasteiger partial charge in [0.15, 0.2) is 5.75 Å². The van der Waals surface area contributed by atoms with E-state index in [-0.39, 0.29) is 6.61 Å². The van der Waals surface area contributed by atoms with Crippen LogP contribution in [0.1, 0.15) is 57.8 Å². The van der Waals surface area contributed by atoms with Gasteiger partial charge in [-0.3, -0.25) is 0 Å². The average Bonchev–Trinajstić information content (AvgIpc) is 2.64. The SMILES string of the molecule is CO[Si]CCCCCCCCCCCOc1c(F)c(F)c(F)c(F)c1F. The average molecular weight is 396 g/mol. The van der Waals surface area contributed by atoms with Gasteiger partial charge in [-0.1, -0.05) is 51.4 Å². The van der Waals surface area contributed by atoms with E-state index in [1.165, 1.54) is 25.7 Å². The molecular weight excluding hydrogens is 371 g/mol. The van der Waals surface area contributed by atoms with E-state index < -0.39 is 34.8 Å². The fourth-order valence-corrected chi connectivity index (χ4v) is 3.12. The van der Waals surface area contributed by atoms with Gasteiger partial charge in [0.2, 0.25) is 38.8 Å². The predicted molar refractivity (Wildman–Crippen MR) is 90.9 cm³/mol. The van der Waals surface area contributed by atoms with Crippen LogP contribution in [0.15, 0.2) is 0 Å². The second-order valence-corrected chi connectivity index (χ2v) is 7.22. The number of ether oxygens (including phenoxy) is 1. The van der Waals surface area contributed by atoms with Gasteiger partial charge in [0, 0.05) is 7.11 Å². The topological polar surface area (TPSA) is 18.5 Å². The Morgan fingerprint density at radius 1 is 0.615 bits per heavy atom. The van der Waals surface area contributed by atoms with Gasteiger partial charge in [0.1, 0.15) is 0 Å². The van der Waals surface area contributed by atoms with Crippen molar-refractivity contribution in [3.05, 3.63) is 29.1 Å². The van der Waals surface area contributed by atoms with Gasteiger partial charge < -0.3 is 9.16 Å². The summed E-state index contributed by atoms with van der Waals surface area (Å²) in [7, 11) is 2.31. The first kappa shape index (κ1) is 22.9. The lowest BCUT2D eigenvalue weighted by Gasteiger charge is -2.10. The van der Waals surface area contributed by atoms with Crippen LogP contribution in [0.25, 0.3) is 0 Å². The van der Waals surface area contributed by atoms with E-state index >= 15 is 0 Å². The summed E-state index contributed by atoms with van der Waals surface area (Å²) in [6.07, 6.45) is 9.21. The normalized spacial score (nSPS) is 11.2. The number of benzene rings is 1. The zero-order valence-electron chi connectivity index (χ0n) is 15.0. The van der Waals surface area contributed by atoms with Crippen LogP contribution in [0.4, 0.5) is 22.0 Å². The van der Waals surface area contributed by atoms with Gasteiger partial charge in [-0.15, -0.1) is 0 Å². The number of hydrogen-bond acceptors (Lipinski definition) is 2. The van der Waals surface area contributed by atoms with Crippen LogP contribution in [-0.4, -0.2) is 23.5 Å². The lowest BCUT2D eigenvalue weighted by molar-refractivity contribution is 0.255. The molecule has 1 rings (SSSR count). The monoisotopic (exact) mass is 396 g/mol. The molecule has 26 heavy (non-hydrogen) atoms. The molecule has 0 aliphatic heterocycles. The van der Waals surface area contributed by atoms with Crippen molar-refractivity contribution in [2.24, 2.45) is 0 Å². The van der Waals surface area contributed by atoms with Crippen molar-refractivity contribution >= 4 is 9.76 Å². The van der Waals surface area contributed by atoms with Gasteiger partial charge in [-0.05, 0) is 12.5 Å². The molecule has 0 spiro atoms. The maximum atomic E-state index is 13.4. The van der Waals surface area contributed by atoms with Crippen molar-refractivity contribution in [1.82, 2.24) is 0 Å². The van der Waals surface area contributed by atoms with Crippen molar-refractivity contribution < 1.29 is 31.1 Å². The molecule has 1 aromatic carbocycles. The van der Waals surface area contributed by atoms with Crippen LogP contribution in [0.3, 0.4) is 0 Å². The third-order valence-corrected chi connectivity index (χ3v) is 4.83. The summed E-state index contributed by atoms with van der Waals surface area (Å²) in [6.45, 7) is -0.0847. The highest BCUT2D eigenvalue weighted by Gasteiger charge is 2.26. The molecule has 0 aliphatic rings. The Kier molecular flexibility index (Phi) is 11.5. The van der Waals surface area contributed by atoms with Crippen molar-refractivity contribution in [1.29, 1.82) is 0 Å². The van der Waals surface area contributed by atoms with Gasteiger partial charge in [0.25, 0.3) is 0 Å². The van der Waals surface area contributed by atoms with Crippen LogP contribution in [0.5, 0.6) is 5.75 Å². The summed E-state index contributed by atoms with van der Waals surface area (Å²) >= 11 is 0. The first-order valence-electron chi connectivity index (χ1n) is 8.90. The lowest BCUT2D eigenvalue weighted by Crippen LogP contribution is -2.08. The molecule has 0 N–H and O–H groups in total. The number of rotatable bonds is 14. The fraction of sp³-hybridized carbons (Fsp3) is 0.667. The fourth-order valence-electron chi connectivity index (χ4n) is 2.52. The summed E-state index contributed by atoms with van der Waals surface area (Å²) in [4.78, 5) is 0. The van der Waals surface area contributed by atoms with Gasteiger partial charge in [0.05, 0.1) is 6.61 Å². The number of unbranched alkanes of at least 4 members (excludes halogenated alkanes) is 8. The molecule has 0 saturated carbocycles. The molecule has 8 heteroatoms. The van der Waals surface area contributed by atoms with Crippen LogP contribution in [0, 0.1) is 29.1 Å². The highest BCUT2D eigenvalue weighted by atomic mass is 28.2. The van der Waals surface area contributed by atoms with E-state index in [9.17, 15) is 22.0 Å². The minimum atomic E-state index is -2.17. The zero-order valence-corrected chi connectivity index (χ0v) is 16.0. The molecule has 2 radical (unpaired) electrons. The molecular formula is C18H25F5O2Si. The van der Waals surface area contributed by atoms with E-state index in [2.05, 4.69) is 0 Å². The Labute approximate surface area is 154 Å². The largest absolute Gasteiger partial charge is 0.487 e. The molecule has 0 aromatic heterocycles. The molecule has 1 aromatic rings. The highest BCUT2D eigenvalue weighted by Crippen LogP contribution is 2.29. The first-order chi connectivity index (χ1) is 12.5. The van der Waals surface area contributed by atoms with Gasteiger partial charge >= 0.3 is 0 Å². The van der Waals surface area contributed by atoms with E-state index in [1.807, 2.05) is 0 Å². The summed E-state index contributed by atoms with van der Waals surface area (Å²) in [5.41, 5.74) is 0. The minimum Gasteiger partial charge on any atom is -0.487 e. The Hall–Kier alpha value is -1.15. The Morgan fingerprint density at radius 2 is 1.04 bits per heavy atom. The highest BCUT2D eigenvalue weighted by molar-refractivity contribution is 6.26. The van der Waals surface area contributed by atoms with Crippen molar-refractivity contribution in [3.63, 3.8) is 0 Å². The summed E-state index contributed by atoms with van der Waals surface area (Å²) in [6, 6.07) is 1.12. The molecule has 0 fully saturated rings. The lowest BCUT2D eigenvalue weighted by atomic mass is 10.1. The number of halogens is 5. The van der Waals surface area contributed by atoms with E-state index in [0.29, 0.717) is 16.2 Å². The van der Waals surface area contributed by atoms with Crippen molar-refractivity contribution in [2.75, 3.05) is 13.7 Å². The molecule has 0 aliphatic carbocycles. The predicted octanol–water partition coefficient (Wildman–Crippen LogP) is 5.96. The third kappa shape index (κ3) is 7.61. The Morgan fingerprint density at radius 3 is 1.54 bits per heavy atom.